The minimum Gasteiger partial charge on any atom is -0.481 e. The van der Waals surface area contributed by atoms with Crippen LogP contribution in [0.5, 0.6) is 5.75 Å². The SMILES string of the molecule is C[C@@H](Oc1ccc2c(-c3ccccc3N(C)C)ccnc2c1)C(=O)N1CCC[C@H](CC(=O)O)C1. The van der Waals surface area contributed by atoms with Crippen molar-refractivity contribution in [2.24, 2.45) is 5.92 Å². The third-order valence-corrected chi connectivity index (χ3v) is 6.34. The summed E-state index contributed by atoms with van der Waals surface area (Å²) in [5.74, 6) is -0.356. The molecule has 2 atom stereocenters. The normalized spacial score (nSPS) is 16.8. The molecule has 2 heterocycles. The number of carbonyl (C=O) groups excluding carboxylic acids is 1. The van der Waals surface area contributed by atoms with Crippen LogP contribution in [-0.2, 0) is 9.59 Å². The summed E-state index contributed by atoms with van der Waals surface area (Å²) in [7, 11) is 4.05. The van der Waals surface area contributed by atoms with Gasteiger partial charge in [-0.2, -0.15) is 0 Å². The van der Waals surface area contributed by atoms with Gasteiger partial charge in [-0.25, -0.2) is 0 Å². The molecule has 0 spiro atoms. The highest BCUT2D eigenvalue weighted by Crippen LogP contribution is 2.35. The van der Waals surface area contributed by atoms with Crippen LogP contribution in [-0.4, -0.2) is 60.2 Å². The Balaban J connectivity index is 1.53. The Hall–Kier alpha value is -3.61. The second-order valence-corrected chi connectivity index (χ2v) is 9.10. The van der Waals surface area contributed by atoms with Crippen LogP contribution in [0.25, 0.3) is 22.0 Å². The summed E-state index contributed by atoms with van der Waals surface area (Å²) in [5.41, 5.74) is 4.13. The molecule has 0 unspecified atom stereocenters. The van der Waals surface area contributed by atoms with E-state index in [0.29, 0.717) is 18.8 Å². The lowest BCUT2D eigenvalue weighted by atomic mass is 9.94. The summed E-state index contributed by atoms with van der Waals surface area (Å²) in [4.78, 5) is 32.4. The summed E-state index contributed by atoms with van der Waals surface area (Å²) < 4.78 is 6.01. The number of carbonyl (C=O) groups is 2. The minimum absolute atomic E-state index is 0.00395. The third-order valence-electron chi connectivity index (χ3n) is 6.34. The summed E-state index contributed by atoms with van der Waals surface area (Å²) >= 11 is 0. The highest BCUT2D eigenvalue weighted by atomic mass is 16.5. The number of rotatable bonds is 7. The number of carboxylic acid groups (broad SMARTS) is 1. The molecule has 1 aromatic heterocycles. The van der Waals surface area contributed by atoms with Gasteiger partial charge in [-0.3, -0.25) is 14.6 Å². The first-order valence-corrected chi connectivity index (χ1v) is 11.7. The van der Waals surface area contributed by atoms with Gasteiger partial charge in [0.05, 0.1) is 5.52 Å². The highest BCUT2D eigenvalue weighted by Gasteiger charge is 2.29. The fourth-order valence-electron chi connectivity index (χ4n) is 4.72. The van der Waals surface area contributed by atoms with Crippen molar-refractivity contribution in [3.8, 4) is 16.9 Å². The monoisotopic (exact) mass is 461 g/mol. The van der Waals surface area contributed by atoms with Gasteiger partial charge in [-0.1, -0.05) is 18.2 Å². The first-order valence-electron chi connectivity index (χ1n) is 11.7. The number of hydrogen-bond donors (Lipinski definition) is 1. The van der Waals surface area contributed by atoms with Gasteiger partial charge in [-0.15, -0.1) is 0 Å². The molecule has 0 bridgehead atoms. The molecule has 7 nitrogen and oxygen atoms in total. The molecule has 1 N–H and O–H groups in total. The molecule has 34 heavy (non-hydrogen) atoms. The molecule has 1 amide bonds. The molecule has 4 rings (SSSR count). The van der Waals surface area contributed by atoms with Crippen molar-refractivity contribution in [1.29, 1.82) is 0 Å². The van der Waals surface area contributed by atoms with Crippen LogP contribution in [0.3, 0.4) is 0 Å². The number of anilines is 1. The Bertz CT molecular complexity index is 1190. The number of nitrogens with zero attached hydrogens (tertiary/aromatic N) is 3. The average molecular weight is 462 g/mol. The van der Waals surface area contributed by atoms with Crippen LogP contribution in [0, 0.1) is 5.92 Å². The van der Waals surface area contributed by atoms with Crippen molar-refractivity contribution < 1.29 is 19.4 Å². The van der Waals surface area contributed by atoms with Crippen molar-refractivity contribution >= 4 is 28.5 Å². The Kier molecular flexibility index (Phi) is 7.01. The molecule has 0 saturated carbocycles. The van der Waals surface area contributed by atoms with E-state index in [-0.39, 0.29) is 18.2 Å². The van der Waals surface area contributed by atoms with Crippen molar-refractivity contribution in [3.05, 3.63) is 54.7 Å². The lowest BCUT2D eigenvalue weighted by Gasteiger charge is -2.33. The number of aliphatic carboxylic acids is 1. The maximum Gasteiger partial charge on any atom is 0.303 e. The topological polar surface area (TPSA) is 83.0 Å². The molecule has 1 fully saturated rings. The van der Waals surface area contributed by atoms with Gasteiger partial charge in [0.2, 0.25) is 0 Å². The van der Waals surface area contributed by atoms with E-state index in [9.17, 15) is 9.59 Å². The first kappa shape index (κ1) is 23.5. The molecular formula is C27H31N3O4. The molecule has 2 aromatic carbocycles. The zero-order chi connectivity index (χ0) is 24.2. The number of carboxylic acids is 1. The van der Waals surface area contributed by atoms with Crippen molar-refractivity contribution in [3.63, 3.8) is 0 Å². The lowest BCUT2D eigenvalue weighted by molar-refractivity contribution is -0.143. The summed E-state index contributed by atoms with van der Waals surface area (Å²) in [5, 5.41) is 10.1. The van der Waals surface area contributed by atoms with Gasteiger partial charge < -0.3 is 19.6 Å². The Labute approximate surface area is 200 Å². The number of fused-ring (bicyclic) bond motifs is 1. The maximum absolute atomic E-state index is 13.0. The van der Waals surface area contributed by atoms with Crippen LogP contribution in [0.4, 0.5) is 5.69 Å². The first-order chi connectivity index (χ1) is 16.3. The molecule has 1 saturated heterocycles. The van der Waals surface area contributed by atoms with Crippen LogP contribution in [0.1, 0.15) is 26.2 Å². The number of hydrogen-bond acceptors (Lipinski definition) is 5. The zero-order valence-corrected chi connectivity index (χ0v) is 19.9. The third kappa shape index (κ3) is 5.14. The average Bonchev–Trinajstić information content (AvgIpc) is 2.82. The van der Waals surface area contributed by atoms with Crippen molar-refractivity contribution in [2.75, 3.05) is 32.1 Å². The number of aromatic nitrogens is 1. The van der Waals surface area contributed by atoms with Gasteiger partial charge in [-0.05, 0) is 55.5 Å². The number of benzene rings is 2. The van der Waals surface area contributed by atoms with Gasteiger partial charge in [0.15, 0.2) is 6.10 Å². The predicted molar refractivity (Wildman–Crippen MR) is 133 cm³/mol. The smallest absolute Gasteiger partial charge is 0.303 e. The molecule has 3 aromatic rings. The Morgan fingerprint density at radius 3 is 2.74 bits per heavy atom. The van der Waals surface area contributed by atoms with E-state index in [2.05, 4.69) is 22.0 Å². The van der Waals surface area contributed by atoms with Crippen LogP contribution in [0.15, 0.2) is 54.7 Å². The van der Waals surface area contributed by atoms with E-state index in [0.717, 1.165) is 40.6 Å². The van der Waals surface area contributed by atoms with E-state index >= 15 is 0 Å². The fourth-order valence-corrected chi connectivity index (χ4v) is 4.72. The number of piperidine rings is 1. The van der Waals surface area contributed by atoms with E-state index in [4.69, 9.17) is 9.84 Å². The minimum atomic E-state index is -0.820. The number of amides is 1. The van der Waals surface area contributed by atoms with E-state index < -0.39 is 12.1 Å². The van der Waals surface area contributed by atoms with Gasteiger partial charge in [0.1, 0.15) is 5.75 Å². The second kappa shape index (κ2) is 10.1. The number of likely N-dealkylation sites (tertiary alicyclic amines) is 1. The lowest BCUT2D eigenvalue weighted by Crippen LogP contribution is -2.46. The van der Waals surface area contributed by atoms with E-state index in [1.807, 2.05) is 50.5 Å². The zero-order valence-electron chi connectivity index (χ0n) is 19.9. The van der Waals surface area contributed by atoms with Crippen LogP contribution in [0.2, 0.25) is 0 Å². The van der Waals surface area contributed by atoms with Crippen molar-refractivity contribution in [2.45, 2.75) is 32.3 Å². The summed E-state index contributed by atoms with van der Waals surface area (Å²) in [6.07, 6.45) is 2.86. The van der Waals surface area contributed by atoms with Gasteiger partial charge in [0, 0.05) is 62.5 Å². The molecule has 0 radical (unpaired) electrons. The van der Waals surface area contributed by atoms with Crippen molar-refractivity contribution in [1.82, 2.24) is 9.88 Å². The van der Waals surface area contributed by atoms with Gasteiger partial charge in [0.25, 0.3) is 5.91 Å². The molecule has 1 aliphatic heterocycles. The molecule has 178 valence electrons. The maximum atomic E-state index is 13.0. The Morgan fingerprint density at radius 2 is 1.97 bits per heavy atom. The van der Waals surface area contributed by atoms with E-state index in [1.54, 1.807) is 18.0 Å². The fraction of sp³-hybridized carbons (Fsp3) is 0.370. The number of para-hydroxylation sites is 1. The summed E-state index contributed by atoms with van der Waals surface area (Å²) in [6.45, 7) is 2.84. The molecular weight excluding hydrogens is 430 g/mol. The number of pyridine rings is 1. The molecule has 0 aliphatic carbocycles. The molecule has 1 aliphatic rings. The van der Waals surface area contributed by atoms with E-state index in [1.165, 1.54) is 0 Å². The number of ether oxygens (including phenoxy) is 1. The largest absolute Gasteiger partial charge is 0.481 e. The highest BCUT2D eigenvalue weighted by molar-refractivity contribution is 5.98. The van der Waals surface area contributed by atoms with Gasteiger partial charge >= 0.3 is 5.97 Å². The van der Waals surface area contributed by atoms with Crippen LogP contribution >= 0.6 is 0 Å². The standard InChI is InChI=1S/C27H31N3O4/c1-18(27(33)30-14-6-7-19(17-30)15-26(31)32)34-20-10-11-22-21(12-13-28-24(22)16-20)23-8-4-5-9-25(23)29(2)3/h4-5,8-13,16,18-19H,6-7,14-15,17H2,1-3H3,(H,31,32)/t18-,19-/m1/s1. The molecule has 7 heteroatoms. The quantitative estimate of drug-likeness (QED) is 0.560. The second-order valence-electron chi connectivity index (χ2n) is 9.10. The Morgan fingerprint density at radius 1 is 1.18 bits per heavy atom. The predicted octanol–water partition coefficient (Wildman–Crippen LogP) is 4.45. The van der Waals surface area contributed by atoms with Crippen LogP contribution < -0.4 is 9.64 Å². The summed E-state index contributed by atoms with van der Waals surface area (Å²) in [6, 6.07) is 16.0.